The molecule has 0 aliphatic carbocycles. The topological polar surface area (TPSA) is 69.7 Å². The summed E-state index contributed by atoms with van der Waals surface area (Å²) >= 11 is 0. The summed E-state index contributed by atoms with van der Waals surface area (Å²) in [5.41, 5.74) is 3.84. The third kappa shape index (κ3) is 2.43. The zero-order valence-electron chi connectivity index (χ0n) is 13.4. The van der Waals surface area contributed by atoms with Gasteiger partial charge in [0.1, 0.15) is 0 Å². The van der Waals surface area contributed by atoms with Crippen molar-refractivity contribution in [2.45, 2.75) is 32.2 Å². The van der Waals surface area contributed by atoms with Gasteiger partial charge < -0.3 is 5.32 Å². The molecular weight excluding hydrogens is 306 g/mol. The molecule has 0 unspecified atom stereocenters. The highest BCUT2D eigenvalue weighted by atomic mass is 16.2. The summed E-state index contributed by atoms with van der Waals surface area (Å²) < 4.78 is 0. The number of hydrazine groups is 1. The molecule has 0 bridgehead atoms. The number of nitrogens with one attached hydrogen (secondary N) is 1. The van der Waals surface area contributed by atoms with E-state index in [1.807, 2.05) is 18.2 Å². The quantitative estimate of drug-likeness (QED) is 0.836. The number of hydrogen-bond acceptors (Lipinski definition) is 4. The molecule has 3 aliphatic heterocycles. The summed E-state index contributed by atoms with van der Waals surface area (Å²) in [6.07, 6.45) is 4.32. The summed E-state index contributed by atoms with van der Waals surface area (Å²) in [5.74, 6) is -0.832. The van der Waals surface area contributed by atoms with Crippen LogP contribution in [0.4, 0.5) is 0 Å². The van der Waals surface area contributed by atoms with E-state index in [0.29, 0.717) is 24.8 Å². The maximum atomic E-state index is 12.6. The maximum absolute atomic E-state index is 12.6. The van der Waals surface area contributed by atoms with Gasteiger partial charge in [0.2, 0.25) is 11.8 Å². The Bertz CT molecular complexity index is 753. The minimum Gasteiger partial charge on any atom is -0.313 e. The highest BCUT2D eigenvalue weighted by Gasteiger charge is 2.39. The number of hydrogen-bond donors (Lipinski definition) is 1. The van der Waals surface area contributed by atoms with E-state index in [1.165, 1.54) is 10.6 Å². The van der Waals surface area contributed by atoms with Gasteiger partial charge in [0.05, 0.1) is 6.54 Å². The first-order valence-corrected chi connectivity index (χ1v) is 8.36. The van der Waals surface area contributed by atoms with Crippen molar-refractivity contribution in [2.75, 3.05) is 13.1 Å². The molecule has 1 aromatic rings. The van der Waals surface area contributed by atoms with Gasteiger partial charge in [-0.1, -0.05) is 12.1 Å². The lowest BCUT2D eigenvalue weighted by Gasteiger charge is -2.32. The Morgan fingerprint density at radius 1 is 1.00 bits per heavy atom. The van der Waals surface area contributed by atoms with Crippen molar-refractivity contribution in [3.8, 4) is 0 Å². The molecule has 24 heavy (non-hydrogen) atoms. The van der Waals surface area contributed by atoms with Crippen LogP contribution in [-0.2, 0) is 16.1 Å². The van der Waals surface area contributed by atoms with Crippen LogP contribution >= 0.6 is 0 Å². The van der Waals surface area contributed by atoms with E-state index in [9.17, 15) is 14.4 Å². The minimum atomic E-state index is -0.284. The minimum absolute atomic E-state index is 0.264. The van der Waals surface area contributed by atoms with Crippen LogP contribution in [0, 0.1) is 0 Å². The van der Waals surface area contributed by atoms with Crippen LogP contribution < -0.4 is 5.32 Å². The number of rotatable bonds is 2. The van der Waals surface area contributed by atoms with E-state index in [4.69, 9.17) is 0 Å². The third-order valence-electron chi connectivity index (χ3n) is 4.82. The Morgan fingerprint density at radius 2 is 1.79 bits per heavy atom. The van der Waals surface area contributed by atoms with E-state index in [2.05, 4.69) is 11.4 Å². The van der Waals surface area contributed by atoms with Crippen molar-refractivity contribution >= 4 is 23.3 Å². The molecule has 0 spiro atoms. The summed E-state index contributed by atoms with van der Waals surface area (Å²) in [7, 11) is 0. The molecule has 0 saturated carbocycles. The average molecular weight is 325 g/mol. The van der Waals surface area contributed by atoms with Crippen LogP contribution in [0.15, 0.2) is 24.3 Å². The van der Waals surface area contributed by atoms with Crippen molar-refractivity contribution < 1.29 is 14.4 Å². The van der Waals surface area contributed by atoms with Crippen molar-refractivity contribution in [1.29, 1.82) is 0 Å². The molecule has 6 nitrogen and oxygen atoms in total. The molecule has 124 valence electrons. The Morgan fingerprint density at radius 3 is 2.50 bits per heavy atom. The molecule has 3 amide bonds. The van der Waals surface area contributed by atoms with Crippen LogP contribution in [0.5, 0.6) is 0 Å². The number of carbonyl (C=O) groups is 3. The van der Waals surface area contributed by atoms with Gasteiger partial charge in [0.25, 0.3) is 5.91 Å². The van der Waals surface area contributed by atoms with Gasteiger partial charge in [-0.3, -0.25) is 14.4 Å². The molecule has 0 atom stereocenters. The van der Waals surface area contributed by atoms with E-state index in [1.54, 1.807) is 0 Å². The second kappa shape index (κ2) is 5.87. The number of carbonyl (C=O) groups excluding carboxylic acids is 3. The second-order valence-corrected chi connectivity index (χ2v) is 6.37. The number of benzene rings is 1. The van der Waals surface area contributed by atoms with Gasteiger partial charge in [-0.15, -0.1) is 0 Å². The van der Waals surface area contributed by atoms with Crippen LogP contribution in [0.25, 0.3) is 5.57 Å². The van der Waals surface area contributed by atoms with Crippen molar-refractivity contribution in [3.63, 3.8) is 0 Å². The van der Waals surface area contributed by atoms with Gasteiger partial charge >= 0.3 is 0 Å². The average Bonchev–Trinajstić information content (AvgIpc) is 2.92. The standard InChI is InChI=1S/C18H19N3O3/c22-16-2-1-3-17(23)21(16)20-11-14-10-13(4-5-15(14)18(20)24)12-6-8-19-9-7-12/h4-6,10,19H,1-3,7-9,11H2. The maximum Gasteiger partial charge on any atom is 0.273 e. The molecule has 3 heterocycles. The summed E-state index contributed by atoms with van der Waals surface area (Å²) in [6, 6.07) is 5.79. The predicted molar refractivity (Wildman–Crippen MR) is 87.5 cm³/mol. The predicted octanol–water partition coefficient (Wildman–Crippen LogP) is 1.47. The third-order valence-corrected chi connectivity index (χ3v) is 4.82. The molecule has 1 fully saturated rings. The normalized spacial score (nSPS) is 21.2. The number of amides is 3. The number of nitrogens with zero attached hydrogens (tertiary/aromatic N) is 2. The van der Waals surface area contributed by atoms with Crippen molar-refractivity contribution in [1.82, 2.24) is 15.3 Å². The highest BCUT2D eigenvalue weighted by Crippen LogP contribution is 2.30. The first-order chi connectivity index (χ1) is 11.6. The van der Waals surface area contributed by atoms with Gasteiger partial charge in [-0.2, -0.15) is 5.01 Å². The zero-order valence-corrected chi connectivity index (χ0v) is 13.4. The molecule has 1 saturated heterocycles. The SMILES string of the molecule is O=C1c2ccc(C3=CCNCC3)cc2CN1N1C(=O)CCCC1=O. The Balaban J connectivity index is 1.63. The monoisotopic (exact) mass is 325 g/mol. The van der Waals surface area contributed by atoms with Crippen LogP contribution in [-0.4, -0.2) is 40.8 Å². The molecule has 0 aromatic heterocycles. The lowest BCUT2D eigenvalue weighted by atomic mass is 9.97. The van der Waals surface area contributed by atoms with Gasteiger partial charge in [0.15, 0.2) is 0 Å². The number of fused-ring (bicyclic) bond motifs is 1. The largest absolute Gasteiger partial charge is 0.313 e. The molecule has 4 rings (SSSR count). The zero-order chi connectivity index (χ0) is 16.7. The molecule has 1 aromatic carbocycles. The van der Waals surface area contributed by atoms with Crippen LogP contribution in [0.3, 0.4) is 0 Å². The lowest BCUT2D eigenvalue weighted by molar-refractivity contribution is -0.163. The second-order valence-electron chi connectivity index (χ2n) is 6.37. The first-order valence-electron chi connectivity index (χ1n) is 8.36. The fraction of sp³-hybridized carbons (Fsp3) is 0.389. The smallest absolute Gasteiger partial charge is 0.273 e. The van der Waals surface area contributed by atoms with E-state index >= 15 is 0 Å². The molecule has 0 radical (unpaired) electrons. The molecule has 6 heteroatoms. The first kappa shape index (κ1) is 15.1. The van der Waals surface area contributed by atoms with Crippen molar-refractivity contribution in [3.05, 3.63) is 41.0 Å². The van der Waals surface area contributed by atoms with Crippen LogP contribution in [0.1, 0.15) is 47.2 Å². The van der Waals surface area contributed by atoms with Crippen LogP contribution in [0.2, 0.25) is 0 Å². The van der Waals surface area contributed by atoms with Gasteiger partial charge in [-0.05, 0) is 48.2 Å². The van der Waals surface area contributed by atoms with Crippen molar-refractivity contribution in [2.24, 2.45) is 0 Å². The Hall–Kier alpha value is -2.47. The lowest BCUT2D eigenvalue weighted by Crippen LogP contribution is -2.51. The van der Waals surface area contributed by atoms with E-state index in [-0.39, 0.29) is 24.3 Å². The molecule has 3 aliphatic rings. The summed E-state index contributed by atoms with van der Waals surface area (Å²) in [4.78, 5) is 36.8. The van der Waals surface area contributed by atoms with E-state index < -0.39 is 0 Å². The number of imide groups is 1. The molecular formula is C18H19N3O3. The fourth-order valence-electron chi connectivity index (χ4n) is 3.56. The highest BCUT2D eigenvalue weighted by molar-refractivity contribution is 6.04. The Kier molecular flexibility index (Phi) is 3.69. The summed E-state index contributed by atoms with van der Waals surface area (Å²) in [6.45, 7) is 2.09. The Labute approximate surface area is 140 Å². The number of piperidine rings is 1. The van der Waals surface area contributed by atoms with Gasteiger partial charge in [0, 0.05) is 24.9 Å². The summed E-state index contributed by atoms with van der Waals surface area (Å²) in [5, 5.41) is 5.63. The molecule has 1 N–H and O–H groups in total. The fourth-order valence-corrected chi connectivity index (χ4v) is 3.56. The van der Waals surface area contributed by atoms with E-state index in [0.717, 1.165) is 35.6 Å². The van der Waals surface area contributed by atoms with Gasteiger partial charge in [-0.25, -0.2) is 5.01 Å².